The summed E-state index contributed by atoms with van der Waals surface area (Å²) in [6.07, 6.45) is 2.99. The Balaban J connectivity index is 1.90. The van der Waals surface area contributed by atoms with E-state index in [2.05, 4.69) is 4.98 Å². The summed E-state index contributed by atoms with van der Waals surface area (Å²) in [5.74, 6) is -0.883. The first-order valence-corrected chi connectivity index (χ1v) is 13.2. The van der Waals surface area contributed by atoms with Gasteiger partial charge in [0.15, 0.2) is 9.84 Å². The number of fused-ring (bicyclic) bond motifs is 1. The summed E-state index contributed by atoms with van der Waals surface area (Å²) in [4.78, 5) is 16.4. The van der Waals surface area contributed by atoms with Crippen LogP contribution in [-0.4, -0.2) is 30.7 Å². The Morgan fingerprint density at radius 3 is 2.09 bits per heavy atom. The number of aliphatic carboxylic acids is 1. The van der Waals surface area contributed by atoms with Gasteiger partial charge in [-0.05, 0) is 79.8 Å². The summed E-state index contributed by atoms with van der Waals surface area (Å²) < 4.78 is 24.1. The highest BCUT2D eigenvalue weighted by Crippen LogP contribution is 2.37. The average molecular weight is 488 g/mol. The summed E-state index contributed by atoms with van der Waals surface area (Å²) in [6, 6.07) is 23.1. The van der Waals surface area contributed by atoms with E-state index in [9.17, 15) is 18.3 Å². The minimum absolute atomic E-state index is 0.700. The van der Waals surface area contributed by atoms with Crippen LogP contribution in [0, 0.1) is 0 Å². The molecule has 0 amide bonds. The molecule has 0 saturated heterocycles. The van der Waals surface area contributed by atoms with Crippen LogP contribution in [0.5, 0.6) is 0 Å². The van der Waals surface area contributed by atoms with Gasteiger partial charge in [-0.2, -0.15) is 0 Å². The Hall–Kier alpha value is -3.51. The molecular formula is C29H29NO4S. The van der Waals surface area contributed by atoms with Gasteiger partial charge in [-0.15, -0.1) is 0 Å². The van der Waals surface area contributed by atoms with Gasteiger partial charge in [0, 0.05) is 23.4 Å². The van der Waals surface area contributed by atoms with Gasteiger partial charge in [0.2, 0.25) is 0 Å². The van der Waals surface area contributed by atoms with E-state index in [1.165, 1.54) is 6.26 Å². The molecule has 1 heterocycles. The fourth-order valence-corrected chi connectivity index (χ4v) is 4.60. The van der Waals surface area contributed by atoms with Crippen LogP contribution in [0.15, 0.2) is 79.0 Å². The first kappa shape index (κ1) is 24.6. The van der Waals surface area contributed by atoms with Crippen LogP contribution in [0.25, 0.3) is 33.2 Å². The van der Waals surface area contributed by atoms with Crippen LogP contribution in [-0.2, 0) is 24.8 Å². The van der Waals surface area contributed by atoms with E-state index in [4.69, 9.17) is 0 Å². The second-order valence-electron chi connectivity index (χ2n) is 9.97. The lowest BCUT2D eigenvalue weighted by Crippen LogP contribution is -2.28. The number of sulfone groups is 1. The largest absolute Gasteiger partial charge is 0.481 e. The molecule has 0 fully saturated rings. The van der Waals surface area contributed by atoms with Crippen molar-refractivity contribution in [2.45, 2.75) is 37.9 Å². The fourth-order valence-electron chi connectivity index (χ4n) is 4.05. The lowest BCUT2D eigenvalue weighted by molar-refractivity contribution is -0.142. The third-order valence-electron chi connectivity index (χ3n) is 6.95. The molecule has 4 rings (SSSR count). The molecule has 0 unspecified atom stereocenters. The molecule has 0 aliphatic carbocycles. The van der Waals surface area contributed by atoms with Crippen LogP contribution in [0.2, 0.25) is 0 Å². The van der Waals surface area contributed by atoms with Crippen molar-refractivity contribution in [2.24, 2.45) is 0 Å². The van der Waals surface area contributed by atoms with Crippen LogP contribution < -0.4 is 0 Å². The summed E-state index contributed by atoms with van der Waals surface area (Å²) in [7, 11) is -3.37. The molecule has 4 aromatic rings. The molecule has 6 heteroatoms. The van der Waals surface area contributed by atoms with E-state index in [-0.39, 0.29) is 0 Å². The predicted molar refractivity (Wildman–Crippen MR) is 141 cm³/mol. The topological polar surface area (TPSA) is 84.3 Å². The number of nitrogens with zero attached hydrogens (tertiary/aromatic N) is 1. The van der Waals surface area contributed by atoms with Crippen LogP contribution in [0.4, 0.5) is 0 Å². The van der Waals surface area contributed by atoms with Gasteiger partial charge >= 0.3 is 5.97 Å². The summed E-state index contributed by atoms with van der Waals surface area (Å²) in [6.45, 7) is 6.82. The number of pyridine rings is 1. The van der Waals surface area contributed by atoms with Crippen molar-refractivity contribution in [2.75, 3.05) is 6.26 Å². The quantitative estimate of drug-likeness (QED) is 0.349. The fraction of sp³-hybridized carbons (Fsp3) is 0.241. The van der Waals surface area contributed by atoms with Gasteiger partial charge in [-0.1, -0.05) is 48.5 Å². The Kier molecular flexibility index (Phi) is 6.05. The SMILES string of the molecule is CC(C)(C(=O)O)c1cccc(-c2cccc(-c3cc(C(C)(C)S(C)(=O)=O)cc4cccnc34)c2)c1. The van der Waals surface area contributed by atoms with Crippen molar-refractivity contribution in [1.82, 2.24) is 4.98 Å². The van der Waals surface area contributed by atoms with Crippen LogP contribution in [0.3, 0.4) is 0 Å². The summed E-state index contributed by atoms with van der Waals surface area (Å²) in [5.41, 5.74) is 4.78. The van der Waals surface area contributed by atoms with E-state index in [1.807, 2.05) is 72.8 Å². The number of carboxylic acid groups (broad SMARTS) is 1. The van der Waals surface area contributed by atoms with E-state index >= 15 is 0 Å². The first-order valence-electron chi connectivity index (χ1n) is 11.4. The Labute approximate surface area is 206 Å². The van der Waals surface area contributed by atoms with Crippen molar-refractivity contribution in [1.29, 1.82) is 0 Å². The van der Waals surface area contributed by atoms with E-state index < -0.39 is 26.0 Å². The summed E-state index contributed by atoms with van der Waals surface area (Å²) >= 11 is 0. The molecule has 0 saturated carbocycles. The molecule has 1 N–H and O–H groups in total. The minimum atomic E-state index is -3.37. The Morgan fingerprint density at radius 1 is 0.800 bits per heavy atom. The highest BCUT2D eigenvalue weighted by molar-refractivity contribution is 7.91. The van der Waals surface area contributed by atoms with E-state index in [1.54, 1.807) is 33.9 Å². The maximum absolute atomic E-state index is 12.6. The molecule has 0 aliphatic heterocycles. The number of benzene rings is 3. The van der Waals surface area contributed by atoms with Gasteiger partial charge < -0.3 is 5.11 Å². The molecule has 0 radical (unpaired) electrons. The number of aromatic nitrogens is 1. The molecule has 180 valence electrons. The van der Waals surface area contributed by atoms with Gasteiger partial charge in [0.1, 0.15) is 0 Å². The van der Waals surface area contributed by atoms with E-state index in [0.29, 0.717) is 5.56 Å². The average Bonchev–Trinajstić information content (AvgIpc) is 2.82. The Bertz CT molecular complexity index is 1550. The molecular weight excluding hydrogens is 458 g/mol. The number of carboxylic acids is 1. The first-order chi connectivity index (χ1) is 16.3. The lowest BCUT2D eigenvalue weighted by atomic mass is 9.83. The van der Waals surface area contributed by atoms with Gasteiger partial charge in [-0.3, -0.25) is 9.78 Å². The summed E-state index contributed by atoms with van der Waals surface area (Å²) in [5, 5.41) is 10.5. The van der Waals surface area contributed by atoms with Crippen molar-refractivity contribution < 1.29 is 18.3 Å². The van der Waals surface area contributed by atoms with Crippen molar-refractivity contribution in [3.05, 3.63) is 90.1 Å². The third kappa shape index (κ3) is 4.46. The molecule has 0 aliphatic rings. The molecule has 0 atom stereocenters. The third-order valence-corrected chi connectivity index (χ3v) is 9.04. The predicted octanol–water partition coefficient (Wildman–Crippen LogP) is 6.21. The number of rotatable bonds is 6. The van der Waals surface area contributed by atoms with Crippen LogP contribution >= 0.6 is 0 Å². The second-order valence-corrected chi connectivity index (χ2v) is 12.5. The highest BCUT2D eigenvalue weighted by Gasteiger charge is 2.33. The molecule has 3 aromatic carbocycles. The smallest absolute Gasteiger partial charge is 0.313 e. The lowest BCUT2D eigenvalue weighted by Gasteiger charge is -2.24. The van der Waals surface area contributed by atoms with E-state index in [0.717, 1.165) is 38.7 Å². The maximum Gasteiger partial charge on any atom is 0.313 e. The zero-order valence-electron chi connectivity index (χ0n) is 20.5. The van der Waals surface area contributed by atoms with Gasteiger partial charge in [-0.25, -0.2) is 8.42 Å². The van der Waals surface area contributed by atoms with Crippen molar-refractivity contribution >= 4 is 26.7 Å². The molecule has 0 spiro atoms. The number of carbonyl (C=O) groups is 1. The molecule has 1 aromatic heterocycles. The standard InChI is InChI=1S/C29H29NO4S/c1-28(2,27(31)32)23-13-7-10-20(16-23)19-9-6-11-21(15-19)25-18-24(29(3,4)35(5,33)34)17-22-12-8-14-30-26(22)25/h6-18H,1-5H3,(H,31,32). The number of hydrogen-bond acceptors (Lipinski definition) is 4. The molecule has 5 nitrogen and oxygen atoms in total. The second kappa shape index (κ2) is 8.61. The zero-order chi connectivity index (χ0) is 25.6. The monoisotopic (exact) mass is 487 g/mol. The maximum atomic E-state index is 12.6. The number of hydrogen-bond donors (Lipinski definition) is 1. The van der Waals surface area contributed by atoms with Gasteiger partial charge in [0.05, 0.1) is 15.7 Å². The molecule has 0 bridgehead atoms. The molecule has 35 heavy (non-hydrogen) atoms. The van der Waals surface area contributed by atoms with Crippen molar-refractivity contribution in [3.8, 4) is 22.3 Å². The highest BCUT2D eigenvalue weighted by atomic mass is 32.2. The normalized spacial score (nSPS) is 12.6. The van der Waals surface area contributed by atoms with Crippen molar-refractivity contribution in [3.63, 3.8) is 0 Å². The van der Waals surface area contributed by atoms with Crippen LogP contribution in [0.1, 0.15) is 38.8 Å². The minimum Gasteiger partial charge on any atom is -0.481 e. The van der Waals surface area contributed by atoms with Gasteiger partial charge in [0.25, 0.3) is 0 Å². The Morgan fingerprint density at radius 2 is 1.43 bits per heavy atom. The zero-order valence-corrected chi connectivity index (χ0v) is 21.3.